The lowest BCUT2D eigenvalue weighted by Gasteiger charge is -2.08. The fourth-order valence-electron chi connectivity index (χ4n) is 1.41. The van der Waals surface area contributed by atoms with Crippen molar-refractivity contribution in [1.82, 2.24) is 0 Å². The van der Waals surface area contributed by atoms with Crippen LogP contribution in [0, 0.1) is 0 Å². The molecule has 0 radical (unpaired) electrons. The van der Waals surface area contributed by atoms with Crippen molar-refractivity contribution in [2.75, 3.05) is 6.54 Å². The topological polar surface area (TPSA) is 52.0 Å². The number of unbranched alkanes of at least 4 members (excludes halogenated alkanes) is 4. The van der Waals surface area contributed by atoms with Crippen LogP contribution in [0.2, 0.25) is 0 Å². The summed E-state index contributed by atoms with van der Waals surface area (Å²) < 4.78 is 0. The van der Waals surface area contributed by atoms with Gasteiger partial charge in [0.05, 0.1) is 0 Å². The van der Waals surface area contributed by atoms with Crippen molar-refractivity contribution < 1.29 is 0 Å². The summed E-state index contributed by atoms with van der Waals surface area (Å²) in [6.45, 7) is 4.42. The van der Waals surface area contributed by atoms with E-state index in [-0.39, 0.29) is 0 Å². The van der Waals surface area contributed by atoms with E-state index in [4.69, 9.17) is 11.5 Å². The van der Waals surface area contributed by atoms with E-state index in [1.165, 1.54) is 25.7 Å². The van der Waals surface area contributed by atoms with Gasteiger partial charge in [0.1, 0.15) is 0 Å². The van der Waals surface area contributed by atoms with Gasteiger partial charge in [-0.25, -0.2) is 0 Å². The van der Waals surface area contributed by atoms with Crippen LogP contribution < -0.4 is 11.5 Å². The van der Waals surface area contributed by atoms with Gasteiger partial charge in [0.15, 0.2) is 0 Å². The molecule has 0 aromatic rings. The van der Waals surface area contributed by atoms with Gasteiger partial charge in [0.25, 0.3) is 0 Å². The van der Waals surface area contributed by atoms with Crippen LogP contribution in [-0.2, 0) is 0 Å². The Bertz CT molecular complexity index is 113. The predicted octanol–water partition coefficient (Wildman–Crippen LogP) is 2.19. The highest BCUT2D eigenvalue weighted by Gasteiger charge is 1.99. The number of allylic oxidation sites excluding steroid dienone is 1. The third-order valence-electron chi connectivity index (χ3n) is 2.27. The zero-order valence-electron chi connectivity index (χ0n) is 8.67. The highest BCUT2D eigenvalue weighted by molar-refractivity contribution is 4.66. The Hall–Kier alpha value is -0.340. The van der Waals surface area contributed by atoms with Gasteiger partial charge in [-0.1, -0.05) is 25.3 Å². The first-order chi connectivity index (χ1) is 6.31. The van der Waals surface area contributed by atoms with Gasteiger partial charge in [-0.2, -0.15) is 0 Å². The molecule has 1 atom stereocenters. The summed E-state index contributed by atoms with van der Waals surface area (Å²) in [4.78, 5) is 0. The summed E-state index contributed by atoms with van der Waals surface area (Å²) in [6.07, 6.45) is 10.4. The molecule has 0 aliphatic heterocycles. The number of rotatable bonds is 9. The molecule has 2 nitrogen and oxygen atoms in total. The second kappa shape index (κ2) is 9.75. The largest absolute Gasteiger partial charge is 0.330 e. The van der Waals surface area contributed by atoms with Crippen molar-refractivity contribution in [1.29, 1.82) is 0 Å². The standard InChI is InChI=1S/C11H24N2/c1-2-3-4-5-6-7-8-11(13)9-10-12/h2,11H,1,3-10,12-13H2. The molecule has 0 heterocycles. The van der Waals surface area contributed by atoms with Gasteiger partial charge >= 0.3 is 0 Å². The first kappa shape index (κ1) is 12.7. The molecule has 0 aromatic carbocycles. The molecule has 78 valence electrons. The number of hydrogen-bond acceptors (Lipinski definition) is 2. The molecule has 0 spiro atoms. The van der Waals surface area contributed by atoms with E-state index >= 15 is 0 Å². The lowest BCUT2D eigenvalue weighted by molar-refractivity contribution is 0.523. The van der Waals surface area contributed by atoms with Crippen molar-refractivity contribution in [3.05, 3.63) is 12.7 Å². The Morgan fingerprint density at radius 2 is 1.77 bits per heavy atom. The van der Waals surface area contributed by atoms with Crippen LogP contribution in [0.3, 0.4) is 0 Å². The van der Waals surface area contributed by atoms with Crippen LogP contribution in [0.5, 0.6) is 0 Å². The second-order valence-electron chi connectivity index (χ2n) is 3.62. The van der Waals surface area contributed by atoms with E-state index < -0.39 is 0 Å². The fraction of sp³-hybridized carbons (Fsp3) is 0.818. The fourth-order valence-corrected chi connectivity index (χ4v) is 1.41. The van der Waals surface area contributed by atoms with Crippen LogP contribution in [0.1, 0.15) is 44.9 Å². The maximum absolute atomic E-state index is 5.83. The highest BCUT2D eigenvalue weighted by Crippen LogP contribution is 2.07. The molecule has 0 saturated carbocycles. The molecule has 2 heteroatoms. The third kappa shape index (κ3) is 9.57. The number of nitrogens with two attached hydrogens (primary N) is 2. The van der Waals surface area contributed by atoms with E-state index in [2.05, 4.69) is 6.58 Å². The summed E-state index contributed by atoms with van der Waals surface area (Å²) in [7, 11) is 0. The van der Waals surface area contributed by atoms with Gasteiger partial charge in [-0.15, -0.1) is 6.58 Å². The summed E-state index contributed by atoms with van der Waals surface area (Å²) in [5.74, 6) is 0. The van der Waals surface area contributed by atoms with Crippen molar-refractivity contribution in [2.45, 2.75) is 51.0 Å². The van der Waals surface area contributed by atoms with Crippen molar-refractivity contribution >= 4 is 0 Å². The smallest absolute Gasteiger partial charge is 0.00508 e. The molecule has 0 aliphatic carbocycles. The van der Waals surface area contributed by atoms with Gasteiger partial charge in [0.2, 0.25) is 0 Å². The average Bonchev–Trinajstić information content (AvgIpc) is 2.11. The molecule has 0 aromatic heterocycles. The zero-order chi connectivity index (χ0) is 9.94. The highest BCUT2D eigenvalue weighted by atomic mass is 14.6. The molecule has 13 heavy (non-hydrogen) atoms. The Morgan fingerprint density at radius 1 is 1.08 bits per heavy atom. The third-order valence-corrected chi connectivity index (χ3v) is 2.27. The summed E-state index contributed by atoms with van der Waals surface area (Å²) >= 11 is 0. The van der Waals surface area contributed by atoms with Crippen molar-refractivity contribution in [3.63, 3.8) is 0 Å². The van der Waals surface area contributed by atoms with E-state index in [1.807, 2.05) is 6.08 Å². The van der Waals surface area contributed by atoms with Crippen molar-refractivity contribution in [2.24, 2.45) is 11.5 Å². The molecular formula is C11H24N2. The van der Waals surface area contributed by atoms with E-state index in [1.54, 1.807) is 0 Å². The Balaban J connectivity index is 3.01. The first-order valence-corrected chi connectivity index (χ1v) is 5.37. The molecule has 0 saturated heterocycles. The van der Waals surface area contributed by atoms with Crippen molar-refractivity contribution in [3.8, 4) is 0 Å². The SMILES string of the molecule is C=CCCCCCCC(N)CCN. The van der Waals surface area contributed by atoms with Gasteiger partial charge < -0.3 is 11.5 Å². The Kier molecular flexibility index (Phi) is 9.49. The molecular weight excluding hydrogens is 160 g/mol. The summed E-state index contributed by atoms with van der Waals surface area (Å²) in [5.41, 5.74) is 11.2. The maximum atomic E-state index is 5.83. The minimum Gasteiger partial charge on any atom is -0.330 e. The average molecular weight is 184 g/mol. The van der Waals surface area contributed by atoms with Gasteiger partial charge in [-0.05, 0) is 32.2 Å². The minimum atomic E-state index is 0.324. The Labute approximate surface area is 82.4 Å². The first-order valence-electron chi connectivity index (χ1n) is 5.37. The van der Waals surface area contributed by atoms with Gasteiger partial charge in [0, 0.05) is 6.04 Å². The lowest BCUT2D eigenvalue weighted by Crippen LogP contribution is -2.23. The molecule has 1 unspecified atom stereocenters. The Morgan fingerprint density at radius 3 is 2.38 bits per heavy atom. The molecule has 0 fully saturated rings. The molecule has 0 amide bonds. The monoisotopic (exact) mass is 184 g/mol. The number of hydrogen-bond donors (Lipinski definition) is 2. The lowest BCUT2D eigenvalue weighted by atomic mass is 10.0. The van der Waals surface area contributed by atoms with Crippen LogP contribution in [0.4, 0.5) is 0 Å². The normalized spacial score (nSPS) is 12.8. The van der Waals surface area contributed by atoms with E-state index in [0.717, 1.165) is 25.8 Å². The second-order valence-corrected chi connectivity index (χ2v) is 3.62. The van der Waals surface area contributed by atoms with E-state index in [9.17, 15) is 0 Å². The molecule has 4 N–H and O–H groups in total. The van der Waals surface area contributed by atoms with Crippen LogP contribution in [-0.4, -0.2) is 12.6 Å². The van der Waals surface area contributed by atoms with Crippen LogP contribution >= 0.6 is 0 Å². The van der Waals surface area contributed by atoms with Crippen LogP contribution in [0.15, 0.2) is 12.7 Å². The minimum absolute atomic E-state index is 0.324. The van der Waals surface area contributed by atoms with Crippen LogP contribution in [0.25, 0.3) is 0 Å². The zero-order valence-corrected chi connectivity index (χ0v) is 8.67. The summed E-state index contributed by atoms with van der Waals surface area (Å²) in [6, 6.07) is 0.324. The maximum Gasteiger partial charge on any atom is 0.00508 e. The molecule has 0 rings (SSSR count). The summed E-state index contributed by atoms with van der Waals surface area (Å²) in [5, 5.41) is 0. The van der Waals surface area contributed by atoms with E-state index in [0.29, 0.717) is 6.04 Å². The molecule has 0 aliphatic rings. The molecule has 0 bridgehead atoms. The predicted molar refractivity (Wildman–Crippen MR) is 59.5 cm³/mol. The quantitative estimate of drug-likeness (QED) is 0.426. The van der Waals surface area contributed by atoms with Gasteiger partial charge in [-0.3, -0.25) is 0 Å².